The molecule has 0 radical (unpaired) electrons. The summed E-state index contributed by atoms with van der Waals surface area (Å²) in [5, 5.41) is 3.76. The molecule has 2 atom stereocenters. The van der Waals surface area contributed by atoms with Crippen LogP contribution in [0.4, 0.5) is 0 Å². The molecular formula is C21H24N2O3S. The summed E-state index contributed by atoms with van der Waals surface area (Å²) in [7, 11) is 0. The second-order valence-corrected chi connectivity index (χ2v) is 8.27. The van der Waals surface area contributed by atoms with Gasteiger partial charge in [0, 0.05) is 30.4 Å². The summed E-state index contributed by atoms with van der Waals surface area (Å²) in [6, 6.07) is 12.0. The molecule has 2 amide bonds. The van der Waals surface area contributed by atoms with Crippen LogP contribution in [0.25, 0.3) is 0 Å². The third-order valence-corrected chi connectivity index (χ3v) is 6.28. The van der Waals surface area contributed by atoms with Gasteiger partial charge >= 0.3 is 0 Å². The standard InChI is InChI=1S/C21H24N2O3S/c1-15(2)23-12-18(16-6-4-3-5-7-16)21(20(23)25)14-22(9-10-26-21)19(24)17-8-11-27-13-17/h3-8,11,13,15,18H,9-10,12,14H2,1-2H3. The molecule has 2 saturated heterocycles. The summed E-state index contributed by atoms with van der Waals surface area (Å²) in [6.45, 7) is 5.83. The Balaban J connectivity index is 1.70. The monoisotopic (exact) mass is 384 g/mol. The van der Waals surface area contributed by atoms with E-state index >= 15 is 0 Å². The average Bonchev–Trinajstić information content (AvgIpc) is 3.30. The normalized spacial score (nSPS) is 25.6. The lowest BCUT2D eigenvalue weighted by atomic mass is 9.83. The Morgan fingerprint density at radius 3 is 2.70 bits per heavy atom. The van der Waals surface area contributed by atoms with E-state index in [4.69, 9.17) is 4.74 Å². The van der Waals surface area contributed by atoms with Gasteiger partial charge < -0.3 is 14.5 Å². The van der Waals surface area contributed by atoms with E-state index in [-0.39, 0.29) is 23.8 Å². The molecule has 2 aromatic rings. The van der Waals surface area contributed by atoms with Gasteiger partial charge in [-0.3, -0.25) is 9.59 Å². The number of hydrogen-bond acceptors (Lipinski definition) is 4. The Morgan fingerprint density at radius 1 is 1.26 bits per heavy atom. The second-order valence-electron chi connectivity index (χ2n) is 7.49. The van der Waals surface area contributed by atoms with E-state index in [0.29, 0.717) is 31.8 Å². The third kappa shape index (κ3) is 3.07. The van der Waals surface area contributed by atoms with Crippen molar-refractivity contribution in [3.05, 3.63) is 58.3 Å². The molecule has 5 nitrogen and oxygen atoms in total. The number of carbonyl (C=O) groups excluding carboxylic acids is 2. The highest BCUT2D eigenvalue weighted by Gasteiger charge is 2.58. The molecule has 2 aliphatic rings. The number of hydrogen-bond donors (Lipinski definition) is 0. The van der Waals surface area contributed by atoms with Crippen LogP contribution in [0.2, 0.25) is 0 Å². The fraction of sp³-hybridized carbons (Fsp3) is 0.429. The van der Waals surface area contributed by atoms with Crippen LogP contribution >= 0.6 is 11.3 Å². The SMILES string of the molecule is CC(C)N1CC(c2ccccc2)C2(CN(C(=O)c3ccsc3)CCO2)C1=O. The number of thiophene rings is 1. The predicted octanol–water partition coefficient (Wildman–Crippen LogP) is 2.99. The molecule has 3 heterocycles. The Kier molecular flexibility index (Phi) is 4.78. The summed E-state index contributed by atoms with van der Waals surface area (Å²) in [6.07, 6.45) is 0. The number of amides is 2. The third-order valence-electron chi connectivity index (χ3n) is 5.59. The van der Waals surface area contributed by atoms with Gasteiger partial charge in [0.25, 0.3) is 11.8 Å². The summed E-state index contributed by atoms with van der Waals surface area (Å²) >= 11 is 1.50. The Bertz CT molecular complexity index is 821. The summed E-state index contributed by atoms with van der Waals surface area (Å²) < 4.78 is 6.20. The van der Waals surface area contributed by atoms with Crippen LogP contribution in [-0.2, 0) is 9.53 Å². The molecule has 27 heavy (non-hydrogen) atoms. The quantitative estimate of drug-likeness (QED) is 0.817. The molecular weight excluding hydrogens is 360 g/mol. The van der Waals surface area contributed by atoms with Gasteiger partial charge in [0.1, 0.15) is 0 Å². The van der Waals surface area contributed by atoms with Crippen LogP contribution in [0.5, 0.6) is 0 Å². The first-order valence-electron chi connectivity index (χ1n) is 9.34. The number of ether oxygens (including phenoxy) is 1. The minimum absolute atomic E-state index is 0.00540. The van der Waals surface area contributed by atoms with Gasteiger partial charge in [-0.1, -0.05) is 30.3 Å². The lowest BCUT2D eigenvalue weighted by Crippen LogP contribution is -2.59. The van der Waals surface area contributed by atoms with E-state index in [0.717, 1.165) is 5.56 Å². The van der Waals surface area contributed by atoms with Gasteiger partial charge in [-0.25, -0.2) is 0 Å². The molecule has 142 valence electrons. The van der Waals surface area contributed by atoms with Crippen LogP contribution < -0.4 is 0 Å². The van der Waals surface area contributed by atoms with Crippen molar-refractivity contribution in [2.24, 2.45) is 0 Å². The fourth-order valence-corrected chi connectivity index (χ4v) is 4.78. The highest BCUT2D eigenvalue weighted by Crippen LogP contribution is 2.43. The number of carbonyl (C=O) groups is 2. The minimum Gasteiger partial charge on any atom is -0.361 e. The average molecular weight is 385 g/mol. The van der Waals surface area contributed by atoms with Crippen molar-refractivity contribution in [2.45, 2.75) is 31.4 Å². The maximum atomic E-state index is 13.4. The molecule has 2 fully saturated rings. The molecule has 4 rings (SSSR count). The lowest BCUT2D eigenvalue weighted by molar-refractivity contribution is -0.160. The van der Waals surface area contributed by atoms with E-state index in [2.05, 4.69) is 0 Å². The molecule has 6 heteroatoms. The smallest absolute Gasteiger partial charge is 0.257 e. The Labute approximate surface area is 163 Å². The van der Waals surface area contributed by atoms with Gasteiger partial charge in [-0.15, -0.1) is 0 Å². The predicted molar refractivity (Wildman–Crippen MR) is 105 cm³/mol. The molecule has 1 spiro atoms. The van der Waals surface area contributed by atoms with Crippen molar-refractivity contribution >= 4 is 23.2 Å². The van der Waals surface area contributed by atoms with E-state index < -0.39 is 5.60 Å². The molecule has 2 unspecified atom stereocenters. The number of rotatable bonds is 3. The minimum atomic E-state index is -1.00. The molecule has 0 N–H and O–H groups in total. The van der Waals surface area contributed by atoms with Gasteiger partial charge in [-0.05, 0) is 30.9 Å². The van der Waals surface area contributed by atoms with Crippen LogP contribution in [0, 0.1) is 0 Å². The lowest BCUT2D eigenvalue weighted by Gasteiger charge is -2.42. The van der Waals surface area contributed by atoms with E-state index in [9.17, 15) is 9.59 Å². The molecule has 1 aromatic heterocycles. The van der Waals surface area contributed by atoms with Gasteiger partial charge in [0.2, 0.25) is 0 Å². The van der Waals surface area contributed by atoms with Gasteiger partial charge in [0.05, 0.1) is 18.7 Å². The van der Waals surface area contributed by atoms with Crippen LogP contribution in [0.15, 0.2) is 47.2 Å². The molecule has 1 aromatic carbocycles. The number of nitrogens with zero attached hydrogens (tertiary/aromatic N) is 2. The van der Waals surface area contributed by atoms with Crippen molar-refractivity contribution < 1.29 is 14.3 Å². The number of likely N-dealkylation sites (tertiary alicyclic amines) is 1. The maximum Gasteiger partial charge on any atom is 0.257 e. The fourth-order valence-electron chi connectivity index (χ4n) is 4.15. The maximum absolute atomic E-state index is 13.4. The van der Waals surface area contributed by atoms with Crippen LogP contribution in [-0.4, -0.2) is 59.5 Å². The van der Waals surface area contributed by atoms with Crippen LogP contribution in [0.3, 0.4) is 0 Å². The molecule has 0 aliphatic carbocycles. The molecule has 0 saturated carbocycles. The molecule has 0 bridgehead atoms. The first kappa shape index (κ1) is 18.2. The second kappa shape index (κ2) is 7.09. The zero-order chi connectivity index (χ0) is 19.0. The van der Waals surface area contributed by atoms with Crippen molar-refractivity contribution in [1.29, 1.82) is 0 Å². The Morgan fingerprint density at radius 2 is 2.04 bits per heavy atom. The zero-order valence-electron chi connectivity index (χ0n) is 15.6. The number of morpholine rings is 1. The zero-order valence-corrected chi connectivity index (χ0v) is 16.4. The first-order valence-corrected chi connectivity index (χ1v) is 10.3. The van der Waals surface area contributed by atoms with Gasteiger partial charge in [-0.2, -0.15) is 11.3 Å². The first-order chi connectivity index (χ1) is 13.0. The van der Waals surface area contributed by atoms with Gasteiger partial charge in [0.15, 0.2) is 5.60 Å². The number of benzene rings is 1. The Hall–Kier alpha value is -2.18. The topological polar surface area (TPSA) is 49.9 Å². The molecule has 2 aliphatic heterocycles. The van der Waals surface area contributed by atoms with Crippen molar-refractivity contribution in [3.63, 3.8) is 0 Å². The van der Waals surface area contributed by atoms with Crippen molar-refractivity contribution in [3.8, 4) is 0 Å². The van der Waals surface area contributed by atoms with E-state index in [1.54, 1.807) is 4.90 Å². The summed E-state index contributed by atoms with van der Waals surface area (Å²) in [4.78, 5) is 30.0. The van der Waals surface area contributed by atoms with E-state index in [1.165, 1.54) is 11.3 Å². The largest absolute Gasteiger partial charge is 0.361 e. The van der Waals surface area contributed by atoms with E-state index in [1.807, 2.05) is 65.9 Å². The van der Waals surface area contributed by atoms with Crippen molar-refractivity contribution in [1.82, 2.24) is 9.80 Å². The van der Waals surface area contributed by atoms with Crippen LogP contribution in [0.1, 0.15) is 35.7 Å². The van der Waals surface area contributed by atoms with Crippen molar-refractivity contribution in [2.75, 3.05) is 26.2 Å². The summed E-state index contributed by atoms with van der Waals surface area (Å²) in [5.74, 6) is -0.123. The highest BCUT2D eigenvalue weighted by atomic mass is 32.1. The highest BCUT2D eigenvalue weighted by molar-refractivity contribution is 7.08. The summed E-state index contributed by atoms with van der Waals surface area (Å²) in [5.41, 5.74) is 0.758.